The molecule has 0 unspecified atom stereocenters. The molecule has 0 bridgehead atoms. The Morgan fingerprint density at radius 3 is 2.77 bits per heavy atom. The van der Waals surface area contributed by atoms with Crippen LogP contribution in [0.5, 0.6) is 5.75 Å². The van der Waals surface area contributed by atoms with Gasteiger partial charge in [0, 0.05) is 10.7 Å². The van der Waals surface area contributed by atoms with Gasteiger partial charge >= 0.3 is 0 Å². The first-order valence-corrected chi connectivity index (χ1v) is 8.81. The Hall–Kier alpha value is -2.67. The van der Waals surface area contributed by atoms with E-state index in [-0.39, 0.29) is 12.3 Å². The number of pyridine rings is 1. The predicted molar refractivity (Wildman–Crippen MR) is 101 cm³/mol. The minimum atomic E-state index is -0.392. The average molecular weight is 416 g/mol. The monoisotopic (exact) mass is 415 g/mol. The molecule has 6 nitrogen and oxygen atoms in total. The first kappa shape index (κ1) is 18.1. The van der Waals surface area contributed by atoms with Crippen LogP contribution in [0, 0.1) is 20.8 Å². The van der Waals surface area contributed by atoms with Crippen molar-refractivity contribution in [1.82, 2.24) is 10.1 Å². The summed E-state index contributed by atoms with van der Waals surface area (Å²) in [6.45, 7) is 5.92. The maximum absolute atomic E-state index is 12.5. The third kappa shape index (κ3) is 4.11. The summed E-state index contributed by atoms with van der Waals surface area (Å²) in [6, 6.07) is 9.47. The number of ether oxygens (including phenoxy) is 1. The van der Waals surface area contributed by atoms with E-state index >= 15 is 0 Å². The first-order valence-electron chi connectivity index (χ1n) is 8.02. The fraction of sp³-hybridized carbons (Fsp3) is 0.211. The number of carbonyl (C=O) groups is 1. The highest BCUT2D eigenvalue weighted by atomic mass is 79.9. The van der Waals surface area contributed by atoms with Crippen LogP contribution in [0.25, 0.3) is 0 Å². The quantitative estimate of drug-likeness (QED) is 0.659. The minimum absolute atomic E-state index is 0.191. The van der Waals surface area contributed by atoms with Crippen molar-refractivity contribution < 1.29 is 14.1 Å². The predicted octanol–water partition coefficient (Wildman–Crippen LogP) is 4.59. The first-order chi connectivity index (χ1) is 12.4. The van der Waals surface area contributed by atoms with Crippen molar-refractivity contribution in [2.45, 2.75) is 27.4 Å². The molecule has 0 atom stereocenters. The van der Waals surface area contributed by atoms with Crippen molar-refractivity contribution in [3.63, 3.8) is 0 Å². The highest BCUT2D eigenvalue weighted by Crippen LogP contribution is 2.23. The molecule has 26 heavy (non-hydrogen) atoms. The Kier molecular flexibility index (Phi) is 5.37. The van der Waals surface area contributed by atoms with Crippen LogP contribution in [0.4, 0.5) is 5.82 Å². The zero-order valence-electron chi connectivity index (χ0n) is 14.7. The number of hydrogen-bond donors (Lipinski definition) is 1. The van der Waals surface area contributed by atoms with Crippen molar-refractivity contribution in [1.29, 1.82) is 0 Å². The van der Waals surface area contributed by atoms with Gasteiger partial charge in [0.1, 0.15) is 23.9 Å². The molecule has 1 N–H and O–H groups in total. The Morgan fingerprint density at radius 1 is 1.23 bits per heavy atom. The van der Waals surface area contributed by atoms with Gasteiger partial charge in [0.25, 0.3) is 5.91 Å². The SMILES string of the molecule is Cc1ccc(C)c(OCc2c(C(=O)Nc3ccc(Br)cn3)noc2C)c1. The normalized spacial score (nSPS) is 10.6. The summed E-state index contributed by atoms with van der Waals surface area (Å²) in [5.74, 6) is 1.35. The fourth-order valence-electron chi connectivity index (χ4n) is 2.38. The van der Waals surface area contributed by atoms with Gasteiger partial charge in [0.05, 0.1) is 5.56 Å². The minimum Gasteiger partial charge on any atom is -0.488 e. The summed E-state index contributed by atoms with van der Waals surface area (Å²) in [4.78, 5) is 16.7. The molecule has 2 heterocycles. The Balaban J connectivity index is 1.76. The topological polar surface area (TPSA) is 77.2 Å². The zero-order valence-corrected chi connectivity index (χ0v) is 16.3. The standard InChI is InChI=1S/C19H18BrN3O3/c1-11-4-5-12(2)16(8-11)25-10-15-13(3)26-23-18(15)19(24)22-17-7-6-14(20)9-21-17/h4-9H,10H2,1-3H3,(H,21,22,24). The van der Waals surface area contributed by atoms with E-state index in [0.717, 1.165) is 21.3 Å². The maximum Gasteiger partial charge on any atom is 0.279 e. The van der Waals surface area contributed by atoms with Gasteiger partial charge in [0.2, 0.25) is 0 Å². The summed E-state index contributed by atoms with van der Waals surface area (Å²) in [5.41, 5.74) is 2.93. The van der Waals surface area contributed by atoms with Crippen LogP contribution in [-0.2, 0) is 6.61 Å². The summed E-state index contributed by atoms with van der Waals surface area (Å²) < 4.78 is 11.9. The van der Waals surface area contributed by atoms with Crippen LogP contribution < -0.4 is 10.1 Å². The molecule has 3 aromatic rings. The van der Waals surface area contributed by atoms with Crippen LogP contribution in [-0.4, -0.2) is 16.0 Å². The number of aromatic nitrogens is 2. The van der Waals surface area contributed by atoms with Crippen molar-refractivity contribution >= 4 is 27.7 Å². The molecule has 0 aliphatic heterocycles. The summed E-state index contributed by atoms with van der Waals surface area (Å²) >= 11 is 3.31. The van der Waals surface area contributed by atoms with E-state index in [1.54, 1.807) is 25.3 Å². The fourth-order valence-corrected chi connectivity index (χ4v) is 2.61. The molecular weight excluding hydrogens is 398 g/mol. The van der Waals surface area contributed by atoms with Gasteiger partial charge in [0.15, 0.2) is 5.69 Å². The lowest BCUT2D eigenvalue weighted by Gasteiger charge is -2.10. The van der Waals surface area contributed by atoms with Crippen molar-refractivity contribution in [3.8, 4) is 5.75 Å². The van der Waals surface area contributed by atoms with Crippen LogP contribution >= 0.6 is 15.9 Å². The van der Waals surface area contributed by atoms with E-state index < -0.39 is 5.91 Å². The average Bonchev–Trinajstić information content (AvgIpc) is 2.98. The van der Waals surface area contributed by atoms with Crippen LogP contribution in [0.15, 0.2) is 45.5 Å². The van der Waals surface area contributed by atoms with Crippen LogP contribution in [0.2, 0.25) is 0 Å². The number of rotatable bonds is 5. The van der Waals surface area contributed by atoms with E-state index in [0.29, 0.717) is 17.1 Å². The number of nitrogens with zero attached hydrogens (tertiary/aromatic N) is 2. The zero-order chi connectivity index (χ0) is 18.7. The number of carbonyl (C=O) groups excluding carboxylic acids is 1. The van der Waals surface area contributed by atoms with Gasteiger partial charge in [-0.15, -0.1) is 0 Å². The number of amides is 1. The van der Waals surface area contributed by atoms with Gasteiger partial charge in [-0.05, 0) is 66.0 Å². The largest absolute Gasteiger partial charge is 0.488 e. The van der Waals surface area contributed by atoms with Crippen LogP contribution in [0.1, 0.15) is 32.9 Å². The van der Waals surface area contributed by atoms with Gasteiger partial charge in [-0.1, -0.05) is 17.3 Å². The lowest BCUT2D eigenvalue weighted by Crippen LogP contribution is -2.16. The number of aryl methyl sites for hydroxylation is 3. The molecule has 0 fully saturated rings. The molecule has 7 heteroatoms. The highest BCUT2D eigenvalue weighted by molar-refractivity contribution is 9.10. The number of hydrogen-bond acceptors (Lipinski definition) is 5. The molecule has 2 aromatic heterocycles. The van der Waals surface area contributed by atoms with Gasteiger partial charge in [-0.25, -0.2) is 4.98 Å². The Labute approximate surface area is 159 Å². The summed E-state index contributed by atoms with van der Waals surface area (Å²) in [7, 11) is 0. The summed E-state index contributed by atoms with van der Waals surface area (Å²) in [5, 5.41) is 6.59. The van der Waals surface area contributed by atoms with E-state index in [4.69, 9.17) is 9.26 Å². The lowest BCUT2D eigenvalue weighted by molar-refractivity contribution is 0.101. The number of nitrogens with one attached hydrogen (secondary N) is 1. The molecule has 0 aliphatic rings. The molecule has 0 spiro atoms. The van der Waals surface area contributed by atoms with Crippen LogP contribution in [0.3, 0.4) is 0 Å². The second-order valence-electron chi connectivity index (χ2n) is 5.94. The van der Waals surface area contributed by atoms with Crippen molar-refractivity contribution in [2.24, 2.45) is 0 Å². The molecule has 0 aliphatic carbocycles. The van der Waals surface area contributed by atoms with Crippen molar-refractivity contribution in [2.75, 3.05) is 5.32 Å². The smallest absolute Gasteiger partial charge is 0.279 e. The van der Waals surface area contributed by atoms with E-state index in [9.17, 15) is 4.79 Å². The number of benzene rings is 1. The molecular formula is C19H18BrN3O3. The Morgan fingerprint density at radius 2 is 2.04 bits per heavy atom. The third-order valence-corrected chi connectivity index (χ3v) is 4.35. The van der Waals surface area contributed by atoms with Crippen molar-refractivity contribution in [3.05, 3.63) is 69.1 Å². The Bertz CT molecular complexity index is 936. The van der Waals surface area contributed by atoms with E-state index in [2.05, 4.69) is 31.4 Å². The molecule has 1 aromatic carbocycles. The molecule has 134 valence electrons. The van der Waals surface area contributed by atoms with Gasteiger partial charge in [-0.3, -0.25) is 4.79 Å². The second kappa shape index (κ2) is 7.70. The third-order valence-electron chi connectivity index (χ3n) is 3.88. The molecule has 0 radical (unpaired) electrons. The molecule has 1 amide bonds. The summed E-state index contributed by atoms with van der Waals surface area (Å²) in [6.07, 6.45) is 1.61. The highest BCUT2D eigenvalue weighted by Gasteiger charge is 2.21. The van der Waals surface area contributed by atoms with E-state index in [1.165, 1.54) is 0 Å². The number of anilines is 1. The van der Waals surface area contributed by atoms with Gasteiger partial charge < -0.3 is 14.6 Å². The molecule has 3 rings (SSSR count). The maximum atomic E-state index is 12.5. The lowest BCUT2D eigenvalue weighted by atomic mass is 10.1. The molecule has 0 saturated carbocycles. The number of halogens is 1. The second-order valence-corrected chi connectivity index (χ2v) is 6.86. The van der Waals surface area contributed by atoms with E-state index in [1.807, 2.05) is 32.0 Å². The molecule has 0 saturated heterocycles. The van der Waals surface area contributed by atoms with Gasteiger partial charge in [-0.2, -0.15) is 0 Å².